The summed E-state index contributed by atoms with van der Waals surface area (Å²) in [5, 5.41) is 0. The number of rotatable bonds is 8. The molecule has 1 fully saturated rings. The minimum atomic E-state index is -0.318. The van der Waals surface area contributed by atoms with Crippen LogP contribution in [0.5, 0.6) is 0 Å². The molecule has 0 bridgehead atoms. The van der Waals surface area contributed by atoms with E-state index in [1.54, 1.807) is 0 Å². The van der Waals surface area contributed by atoms with Gasteiger partial charge in [-0.15, -0.1) is 0 Å². The van der Waals surface area contributed by atoms with Gasteiger partial charge in [0.2, 0.25) is 0 Å². The van der Waals surface area contributed by atoms with Gasteiger partial charge in [-0.3, -0.25) is 4.79 Å². The number of hydrogen-bond acceptors (Lipinski definition) is 2. The number of hydrogen-bond donors (Lipinski definition) is 1. The van der Waals surface area contributed by atoms with Crippen molar-refractivity contribution in [3.8, 4) is 11.1 Å². The fourth-order valence-corrected chi connectivity index (χ4v) is 4.88. The van der Waals surface area contributed by atoms with Crippen LogP contribution < -0.4 is 5.73 Å². The number of nitrogens with two attached hydrogens (primary N) is 1. The number of unbranched alkanes of at least 4 members (excludes halogenated alkanes) is 1. The normalized spacial score (nSPS) is 15.4. The molecule has 2 N–H and O–H groups in total. The van der Waals surface area contributed by atoms with Crippen LogP contribution in [0.3, 0.4) is 0 Å². The first-order valence-electron chi connectivity index (χ1n) is 12.1. The molecule has 0 radical (unpaired) electrons. The molecule has 4 nitrogen and oxygen atoms in total. The fourth-order valence-electron chi connectivity index (χ4n) is 4.88. The summed E-state index contributed by atoms with van der Waals surface area (Å²) in [6, 6.07) is 8.74. The minimum absolute atomic E-state index is 0.104. The van der Waals surface area contributed by atoms with E-state index in [0.717, 1.165) is 49.2 Å². The number of piperidine rings is 1. The number of aromatic nitrogens is 1. The van der Waals surface area contributed by atoms with E-state index in [1.165, 1.54) is 43.6 Å². The molecule has 2 aromatic rings. The van der Waals surface area contributed by atoms with Crippen LogP contribution >= 0.6 is 0 Å². The molecular formula is C27H41N3O. The maximum Gasteiger partial charge on any atom is 0.251 e. The average Bonchev–Trinajstić information content (AvgIpc) is 3.02. The van der Waals surface area contributed by atoms with E-state index in [-0.39, 0.29) is 11.3 Å². The van der Waals surface area contributed by atoms with Crippen LogP contribution in [0.4, 0.5) is 0 Å². The fraction of sp³-hybridized carbons (Fsp3) is 0.593. The van der Waals surface area contributed by atoms with E-state index in [0.29, 0.717) is 5.56 Å². The van der Waals surface area contributed by atoms with Crippen LogP contribution in [0.1, 0.15) is 87.1 Å². The quantitative estimate of drug-likeness (QED) is 0.593. The summed E-state index contributed by atoms with van der Waals surface area (Å²) in [6.07, 6.45) is 7.15. The lowest BCUT2D eigenvalue weighted by Gasteiger charge is -2.27. The van der Waals surface area contributed by atoms with Crippen molar-refractivity contribution in [1.82, 2.24) is 9.47 Å². The Morgan fingerprint density at radius 1 is 1.03 bits per heavy atom. The highest BCUT2D eigenvalue weighted by molar-refractivity contribution is 6.02. The number of primary amides is 1. The maximum atomic E-state index is 12.6. The largest absolute Gasteiger partial charge is 0.366 e. The van der Waals surface area contributed by atoms with Gasteiger partial charge >= 0.3 is 0 Å². The zero-order chi connectivity index (χ0) is 22.6. The second-order valence-electron chi connectivity index (χ2n) is 10.1. The van der Waals surface area contributed by atoms with Gasteiger partial charge in [-0.25, -0.2) is 0 Å². The second kappa shape index (κ2) is 10.0. The first-order chi connectivity index (χ1) is 14.7. The zero-order valence-corrected chi connectivity index (χ0v) is 20.3. The summed E-state index contributed by atoms with van der Waals surface area (Å²) in [7, 11) is 0. The molecule has 0 atom stereocenters. The molecule has 3 rings (SSSR count). The average molecular weight is 424 g/mol. The van der Waals surface area contributed by atoms with Crippen molar-refractivity contribution in [2.45, 2.75) is 85.1 Å². The van der Waals surface area contributed by atoms with E-state index < -0.39 is 0 Å². The molecular weight excluding hydrogens is 382 g/mol. The number of benzene rings is 1. The van der Waals surface area contributed by atoms with Gasteiger partial charge < -0.3 is 15.2 Å². The van der Waals surface area contributed by atoms with Crippen LogP contribution in [0.25, 0.3) is 11.1 Å². The lowest BCUT2D eigenvalue weighted by molar-refractivity contribution is 0.1000. The Morgan fingerprint density at radius 3 is 2.23 bits per heavy atom. The van der Waals surface area contributed by atoms with E-state index in [1.807, 2.05) is 0 Å². The Kier molecular flexibility index (Phi) is 7.64. The van der Waals surface area contributed by atoms with Gasteiger partial charge in [0, 0.05) is 30.0 Å². The van der Waals surface area contributed by atoms with Crippen molar-refractivity contribution >= 4 is 5.91 Å². The zero-order valence-electron chi connectivity index (χ0n) is 20.3. The summed E-state index contributed by atoms with van der Waals surface area (Å²) in [4.78, 5) is 15.1. The van der Waals surface area contributed by atoms with Crippen molar-refractivity contribution in [1.29, 1.82) is 0 Å². The Morgan fingerprint density at radius 2 is 1.68 bits per heavy atom. The van der Waals surface area contributed by atoms with Crippen LogP contribution in [0.15, 0.2) is 24.3 Å². The highest BCUT2D eigenvalue weighted by atomic mass is 16.1. The molecule has 1 aliphatic heterocycles. The molecule has 1 saturated heterocycles. The third-order valence-electron chi connectivity index (χ3n) is 6.77. The molecule has 31 heavy (non-hydrogen) atoms. The van der Waals surface area contributed by atoms with Gasteiger partial charge in [0.05, 0.1) is 5.56 Å². The number of amides is 1. The van der Waals surface area contributed by atoms with E-state index in [9.17, 15) is 4.79 Å². The number of carbonyl (C=O) groups is 1. The predicted octanol–water partition coefficient (Wildman–Crippen LogP) is 5.69. The highest BCUT2D eigenvalue weighted by Gasteiger charge is 2.25. The first-order valence-corrected chi connectivity index (χ1v) is 12.1. The molecule has 1 aliphatic rings. The van der Waals surface area contributed by atoms with E-state index in [4.69, 9.17) is 5.73 Å². The molecule has 0 aliphatic carbocycles. The van der Waals surface area contributed by atoms with Crippen LogP contribution in [-0.2, 0) is 18.4 Å². The lowest BCUT2D eigenvalue weighted by atomic mass is 9.86. The summed E-state index contributed by atoms with van der Waals surface area (Å²) in [6.45, 7) is 15.3. The van der Waals surface area contributed by atoms with Crippen LogP contribution in [0, 0.1) is 6.92 Å². The molecule has 4 heteroatoms. The summed E-state index contributed by atoms with van der Waals surface area (Å²) >= 11 is 0. The van der Waals surface area contributed by atoms with Crippen molar-refractivity contribution in [3.05, 3.63) is 46.8 Å². The van der Waals surface area contributed by atoms with Crippen LogP contribution in [-0.4, -0.2) is 35.0 Å². The first kappa shape index (κ1) is 23.6. The van der Waals surface area contributed by atoms with E-state index in [2.05, 4.69) is 68.4 Å². The third kappa shape index (κ3) is 5.41. The minimum Gasteiger partial charge on any atom is -0.366 e. The van der Waals surface area contributed by atoms with Gasteiger partial charge in [0.25, 0.3) is 5.91 Å². The smallest absolute Gasteiger partial charge is 0.251 e. The van der Waals surface area contributed by atoms with Crippen molar-refractivity contribution in [2.24, 2.45) is 5.73 Å². The number of likely N-dealkylation sites (tertiary alicyclic amines) is 1. The van der Waals surface area contributed by atoms with E-state index >= 15 is 0 Å². The molecule has 1 aromatic heterocycles. The number of carbonyl (C=O) groups excluding carboxylic acids is 1. The topological polar surface area (TPSA) is 51.3 Å². The van der Waals surface area contributed by atoms with Crippen molar-refractivity contribution < 1.29 is 4.79 Å². The molecule has 0 unspecified atom stereocenters. The number of nitrogens with zero attached hydrogens (tertiary/aromatic N) is 2. The van der Waals surface area contributed by atoms with Gasteiger partial charge in [-0.2, -0.15) is 0 Å². The molecule has 2 heterocycles. The van der Waals surface area contributed by atoms with Gasteiger partial charge in [-0.1, -0.05) is 64.8 Å². The van der Waals surface area contributed by atoms with Gasteiger partial charge in [-0.05, 0) is 62.2 Å². The Labute approximate surface area is 188 Å². The molecule has 1 amide bonds. The summed E-state index contributed by atoms with van der Waals surface area (Å²) in [5.74, 6) is -0.318. The summed E-state index contributed by atoms with van der Waals surface area (Å²) < 4.78 is 2.39. The Bertz CT molecular complexity index is 881. The maximum absolute atomic E-state index is 12.6. The SMILES string of the molecule is CCCCc1c(-c2ccc(C(C)(C)C)cc2)c(C(N)=O)c(C)n1CCN1CCCCC1. The second-order valence-corrected chi connectivity index (χ2v) is 10.1. The molecule has 0 saturated carbocycles. The van der Waals surface area contributed by atoms with Crippen LogP contribution in [0.2, 0.25) is 0 Å². The van der Waals surface area contributed by atoms with Gasteiger partial charge in [0.15, 0.2) is 0 Å². The Hall–Kier alpha value is -2.07. The third-order valence-corrected chi connectivity index (χ3v) is 6.77. The van der Waals surface area contributed by atoms with Crippen molar-refractivity contribution in [2.75, 3.05) is 19.6 Å². The van der Waals surface area contributed by atoms with Crippen molar-refractivity contribution in [3.63, 3.8) is 0 Å². The van der Waals surface area contributed by atoms with Gasteiger partial charge in [0.1, 0.15) is 0 Å². The standard InChI is InChI=1S/C27H41N3O/c1-6-7-11-23-25(21-12-14-22(15-13-21)27(3,4)5)24(26(28)31)20(2)30(23)19-18-29-16-9-8-10-17-29/h12-15H,6-11,16-19H2,1-5H3,(H2,28,31). The summed E-state index contributed by atoms with van der Waals surface area (Å²) in [5.41, 5.74) is 12.5. The Balaban J connectivity index is 2.04. The molecule has 1 aromatic carbocycles. The highest BCUT2D eigenvalue weighted by Crippen LogP contribution is 2.35. The lowest BCUT2D eigenvalue weighted by Crippen LogP contribution is -2.33. The monoisotopic (exact) mass is 423 g/mol. The molecule has 0 spiro atoms. The predicted molar refractivity (Wildman–Crippen MR) is 131 cm³/mol. The molecule has 170 valence electrons.